The Bertz CT molecular complexity index is 1090. The van der Waals surface area contributed by atoms with E-state index in [4.69, 9.17) is 4.42 Å². The number of carbonyl (C=O) groups excluding carboxylic acids is 1. The first kappa shape index (κ1) is 22.1. The highest BCUT2D eigenvalue weighted by Crippen LogP contribution is 2.30. The van der Waals surface area contributed by atoms with Gasteiger partial charge in [-0.05, 0) is 37.0 Å². The van der Waals surface area contributed by atoms with Gasteiger partial charge in [0.2, 0.25) is 5.89 Å². The third kappa shape index (κ3) is 5.97. The molecule has 0 atom stereocenters. The molecule has 4 rings (SSSR count). The molecule has 1 saturated carbocycles. The van der Waals surface area contributed by atoms with Crippen LogP contribution in [0.15, 0.2) is 59.2 Å². The SMILES string of the molecule is Cc1cccc(CN(Cc2cccc(C(F)(F)F)c2)Cc2nc(C(=O)NC3CC3)co2)c1. The number of carbonyl (C=O) groups is 1. The number of aryl methyl sites for hydroxylation is 1. The molecule has 5 nitrogen and oxygen atoms in total. The van der Waals surface area contributed by atoms with Crippen LogP contribution in [-0.2, 0) is 25.8 Å². The Morgan fingerprint density at radius 3 is 2.44 bits per heavy atom. The number of hydrogen-bond acceptors (Lipinski definition) is 4. The summed E-state index contributed by atoms with van der Waals surface area (Å²) < 4.78 is 44.9. The summed E-state index contributed by atoms with van der Waals surface area (Å²) in [6.45, 7) is 2.99. The summed E-state index contributed by atoms with van der Waals surface area (Å²) >= 11 is 0. The second-order valence-corrected chi connectivity index (χ2v) is 8.21. The van der Waals surface area contributed by atoms with Gasteiger partial charge in [-0.2, -0.15) is 13.2 Å². The fourth-order valence-corrected chi connectivity index (χ4v) is 3.51. The Morgan fingerprint density at radius 1 is 1.09 bits per heavy atom. The summed E-state index contributed by atoms with van der Waals surface area (Å²) in [5, 5.41) is 2.86. The maximum atomic E-state index is 13.1. The van der Waals surface area contributed by atoms with Crippen LogP contribution in [0, 0.1) is 6.92 Å². The molecular formula is C24H24F3N3O2. The lowest BCUT2D eigenvalue weighted by Crippen LogP contribution is -2.26. The van der Waals surface area contributed by atoms with Crippen molar-refractivity contribution in [2.24, 2.45) is 0 Å². The maximum Gasteiger partial charge on any atom is 0.416 e. The van der Waals surface area contributed by atoms with Gasteiger partial charge in [0.15, 0.2) is 5.69 Å². The fraction of sp³-hybridized carbons (Fsp3) is 0.333. The number of aromatic nitrogens is 1. The van der Waals surface area contributed by atoms with Gasteiger partial charge in [-0.15, -0.1) is 0 Å². The van der Waals surface area contributed by atoms with Gasteiger partial charge in [-0.25, -0.2) is 4.98 Å². The van der Waals surface area contributed by atoms with Gasteiger partial charge < -0.3 is 9.73 Å². The standard InChI is InChI=1S/C24H24F3N3O2/c1-16-4-2-5-17(10-16)12-30(13-18-6-3-7-19(11-18)24(25,26)27)14-22-29-21(15-32-22)23(31)28-20-8-9-20/h2-7,10-11,15,20H,8-9,12-14H2,1H3,(H,28,31). The summed E-state index contributed by atoms with van der Waals surface area (Å²) in [5.41, 5.74) is 2.18. The molecule has 1 aliphatic carbocycles. The maximum absolute atomic E-state index is 13.1. The molecule has 1 aliphatic rings. The number of hydrogen-bond donors (Lipinski definition) is 1. The molecule has 2 aromatic carbocycles. The highest BCUT2D eigenvalue weighted by Gasteiger charge is 2.30. The Hall–Kier alpha value is -3.13. The lowest BCUT2D eigenvalue weighted by molar-refractivity contribution is -0.137. The van der Waals surface area contributed by atoms with Crippen molar-refractivity contribution in [1.82, 2.24) is 15.2 Å². The molecule has 1 heterocycles. The summed E-state index contributed by atoms with van der Waals surface area (Å²) in [6.07, 6.45) is -1.14. The van der Waals surface area contributed by atoms with E-state index in [1.54, 1.807) is 6.07 Å². The molecule has 1 fully saturated rings. The Kier molecular flexibility index (Phi) is 6.32. The van der Waals surface area contributed by atoms with Crippen LogP contribution in [0.4, 0.5) is 13.2 Å². The number of rotatable bonds is 8. The Balaban J connectivity index is 1.52. The van der Waals surface area contributed by atoms with E-state index in [2.05, 4.69) is 10.3 Å². The summed E-state index contributed by atoms with van der Waals surface area (Å²) in [5.74, 6) is 0.0659. The van der Waals surface area contributed by atoms with Crippen molar-refractivity contribution in [1.29, 1.82) is 0 Å². The van der Waals surface area contributed by atoms with Crippen molar-refractivity contribution < 1.29 is 22.4 Å². The first-order valence-electron chi connectivity index (χ1n) is 10.5. The summed E-state index contributed by atoms with van der Waals surface area (Å²) in [6, 6.07) is 13.4. The molecule has 0 spiro atoms. The zero-order valence-corrected chi connectivity index (χ0v) is 17.7. The van der Waals surface area contributed by atoms with Crippen molar-refractivity contribution in [3.8, 4) is 0 Å². The molecule has 0 radical (unpaired) electrons. The van der Waals surface area contributed by atoms with Gasteiger partial charge in [0.05, 0.1) is 12.1 Å². The number of nitrogens with one attached hydrogen (secondary N) is 1. The smallest absolute Gasteiger partial charge is 0.416 e. The van der Waals surface area contributed by atoms with E-state index >= 15 is 0 Å². The van der Waals surface area contributed by atoms with E-state index < -0.39 is 11.7 Å². The molecule has 1 N–H and O–H groups in total. The normalized spacial score (nSPS) is 14.0. The molecule has 0 saturated heterocycles. The minimum Gasteiger partial charge on any atom is -0.447 e. The minimum atomic E-state index is -4.40. The van der Waals surface area contributed by atoms with Crippen LogP contribution in [0.3, 0.4) is 0 Å². The number of nitrogens with zero attached hydrogens (tertiary/aromatic N) is 2. The van der Waals surface area contributed by atoms with E-state index in [-0.39, 0.29) is 30.7 Å². The van der Waals surface area contributed by atoms with Crippen LogP contribution >= 0.6 is 0 Å². The zero-order chi connectivity index (χ0) is 22.7. The minimum absolute atomic E-state index is 0.210. The van der Waals surface area contributed by atoms with Crippen LogP contribution in [0.1, 0.15) is 51.5 Å². The first-order chi connectivity index (χ1) is 15.3. The van der Waals surface area contributed by atoms with Gasteiger partial charge in [0.1, 0.15) is 6.26 Å². The van der Waals surface area contributed by atoms with Gasteiger partial charge in [0.25, 0.3) is 5.91 Å². The molecule has 168 valence electrons. The number of oxazole rings is 1. The molecule has 0 bridgehead atoms. The van der Waals surface area contributed by atoms with Crippen LogP contribution < -0.4 is 5.32 Å². The molecule has 0 aliphatic heterocycles. The van der Waals surface area contributed by atoms with Crippen molar-refractivity contribution in [3.63, 3.8) is 0 Å². The zero-order valence-electron chi connectivity index (χ0n) is 17.7. The molecule has 8 heteroatoms. The number of amides is 1. The summed E-state index contributed by atoms with van der Waals surface area (Å²) in [4.78, 5) is 18.4. The molecule has 0 unspecified atom stereocenters. The number of halogens is 3. The Labute approximate surface area is 184 Å². The number of alkyl halides is 3. The van der Waals surface area contributed by atoms with E-state index in [9.17, 15) is 18.0 Å². The third-order valence-corrected chi connectivity index (χ3v) is 5.20. The highest BCUT2D eigenvalue weighted by atomic mass is 19.4. The predicted molar refractivity (Wildman–Crippen MR) is 113 cm³/mol. The van der Waals surface area contributed by atoms with E-state index in [1.165, 1.54) is 12.3 Å². The predicted octanol–water partition coefficient (Wildman–Crippen LogP) is 5.10. The second kappa shape index (κ2) is 9.16. The van der Waals surface area contributed by atoms with Crippen molar-refractivity contribution in [2.75, 3.05) is 0 Å². The van der Waals surface area contributed by atoms with E-state index in [0.29, 0.717) is 18.0 Å². The van der Waals surface area contributed by atoms with Crippen molar-refractivity contribution in [3.05, 3.63) is 88.6 Å². The lowest BCUT2D eigenvalue weighted by Gasteiger charge is -2.22. The highest BCUT2D eigenvalue weighted by molar-refractivity contribution is 5.92. The van der Waals surface area contributed by atoms with Gasteiger partial charge >= 0.3 is 6.18 Å². The van der Waals surface area contributed by atoms with E-state index in [1.807, 2.05) is 36.1 Å². The van der Waals surface area contributed by atoms with Gasteiger partial charge in [-0.1, -0.05) is 48.0 Å². The average molecular weight is 443 g/mol. The largest absolute Gasteiger partial charge is 0.447 e. The van der Waals surface area contributed by atoms with Gasteiger partial charge in [-0.3, -0.25) is 9.69 Å². The van der Waals surface area contributed by atoms with Crippen molar-refractivity contribution in [2.45, 2.75) is 51.6 Å². The van der Waals surface area contributed by atoms with Crippen molar-refractivity contribution >= 4 is 5.91 Å². The quantitative estimate of drug-likeness (QED) is 0.527. The van der Waals surface area contributed by atoms with E-state index in [0.717, 1.165) is 36.1 Å². The topological polar surface area (TPSA) is 58.4 Å². The second-order valence-electron chi connectivity index (χ2n) is 8.21. The van der Waals surface area contributed by atoms with Crippen LogP contribution in [0.5, 0.6) is 0 Å². The summed E-state index contributed by atoms with van der Waals surface area (Å²) in [7, 11) is 0. The van der Waals surface area contributed by atoms with Crippen LogP contribution in [-0.4, -0.2) is 21.8 Å². The Morgan fingerprint density at radius 2 is 1.78 bits per heavy atom. The molecule has 3 aromatic rings. The molecule has 1 amide bonds. The third-order valence-electron chi connectivity index (χ3n) is 5.20. The first-order valence-corrected chi connectivity index (χ1v) is 10.5. The molecular weight excluding hydrogens is 419 g/mol. The van der Waals surface area contributed by atoms with Gasteiger partial charge in [0, 0.05) is 19.1 Å². The molecule has 32 heavy (non-hydrogen) atoms. The number of benzene rings is 2. The van der Waals surface area contributed by atoms with Crippen LogP contribution in [0.25, 0.3) is 0 Å². The van der Waals surface area contributed by atoms with Crippen LogP contribution in [0.2, 0.25) is 0 Å². The lowest BCUT2D eigenvalue weighted by atomic mass is 10.1. The molecule has 1 aromatic heterocycles. The average Bonchev–Trinajstić information content (AvgIpc) is 3.42. The fourth-order valence-electron chi connectivity index (χ4n) is 3.51. The monoisotopic (exact) mass is 443 g/mol.